The first-order valence-corrected chi connectivity index (χ1v) is 9.19. The Hall–Kier alpha value is -2.39. The summed E-state index contributed by atoms with van der Waals surface area (Å²) in [7, 11) is -3.59. The van der Waals surface area contributed by atoms with Crippen molar-refractivity contribution in [2.45, 2.75) is 30.2 Å². The van der Waals surface area contributed by atoms with Gasteiger partial charge >= 0.3 is 33.9 Å². The molecule has 29 heavy (non-hydrogen) atoms. The van der Waals surface area contributed by atoms with Gasteiger partial charge in [0.25, 0.3) is 0 Å². The van der Waals surface area contributed by atoms with Crippen LogP contribution in [0.2, 0.25) is 0 Å². The molecule has 0 aromatic heterocycles. The summed E-state index contributed by atoms with van der Waals surface area (Å²) in [5.41, 5.74) is 2.85. The van der Waals surface area contributed by atoms with Gasteiger partial charge in [-0.1, -0.05) is 42.0 Å². The summed E-state index contributed by atoms with van der Waals surface area (Å²) in [5, 5.41) is -0.948. The second-order valence-electron chi connectivity index (χ2n) is 5.42. The van der Waals surface area contributed by atoms with E-state index in [4.69, 9.17) is 18.7 Å². The Morgan fingerprint density at radius 3 is 1.93 bits per heavy atom. The number of rotatable bonds is 3. The van der Waals surface area contributed by atoms with Crippen molar-refractivity contribution < 1.29 is 44.5 Å². The molecule has 2 aromatic rings. The Bertz CT molecular complexity index is 935. The van der Waals surface area contributed by atoms with Crippen molar-refractivity contribution in [3.05, 3.63) is 85.2 Å². The summed E-state index contributed by atoms with van der Waals surface area (Å²) in [4.78, 5) is 4.34. The maximum absolute atomic E-state index is 12.8. The van der Waals surface area contributed by atoms with Crippen LogP contribution in [-0.4, -0.2) is 20.2 Å². The number of sulfone groups is 1. The number of nitrogens with zero attached hydrogens (tertiary/aromatic N) is 1. The van der Waals surface area contributed by atoms with Gasteiger partial charge < -0.3 is 4.74 Å². The van der Waals surface area contributed by atoms with Crippen LogP contribution < -0.4 is 0 Å². The molecule has 1 heterocycles. The van der Waals surface area contributed by atoms with Crippen LogP contribution in [0.4, 0.5) is 0 Å². The molecule has 0 unspecified atom stereocenters. The molecule has 2 aromatic carbocycles. The van der Waals surface area contributed by atoms with Gasteiger partial charge in [0.05, 0.1) is 4.90 Å². The van der Waals surface area contributed by atoms with Crippen LogP contribution in [0.15, 0.2) is 58.4 Å². The Kier molecular flexibility index (Phi) is 14.5. The van der Waals surface area contributed by atoms with Gasteiger partial charge in [0.1, 0.15) is 0 Å². The van der Waals surface area contributed by atoms with Crippen LogP contribution in [0.25, 0.3) is 0 Å². The molecule has 0 saturated carbocycles. The van der Waals surface area contributed by atoms with Crippen LogP contribution in [0.5, 0.6) is 0 Å². The quantitative estimate of drug-likeness (QED) is 0.527. The smallest absolute Gasteiger partial charge is 0 e. The summed E-state index contributed by atoms with van der Waals surface area (Å²) >= 11 is 0. The molecule has 0 spiro atoms. The third-order valence-electron chi connectivity index (χ3n) is 3.84. The van der Waals surface area contributed by atoms with E-state index in [-0.39, 0.29) is 22.3 Å². The van der Waals surface area contributed by atoms with E-state index in [0.717, 1.165) is 16.7 Å². The standard InChI is InChI=1S/C17H17NO3S.3CO.Cr/c1-12-7-9-14(10-8-12)22(19,20)17-16(21-11-18-17)15-6-4-3-5-13(15)2;3*1-2;/h3-11,16-17H,1-2H3;;;;/t16-,17-;;;;/m1..../s1. The van der Waals surface area contributed by atoms with Gasteiger partial charge in [-0.2, -0.15) is 0 Å². The molecule has 1 aliphatic rings. The maximum atomic E-state index is 12.8. The normalized spacial score (nSPS) is 16.0. The van der Waals surface area contributed by atoms with Crippen molar-refractivity contribution >= 4 is 16.2 Å². The average Bonchev–Trinajstić information content (AvgIpc) is 3.24. The predicted octanol–water partition coefficient (Wildman–Crippen LogP) is 3.09. The van der Waals surface area contributed by atoms with E-state index in [1.165, 1.54) is 6.40 Å². The minimum Gasteiger partial charge on any atom is 0 e. The predicted molar refractivity (Wildman–Crippen MR) is 97.4 cm³/mol. The Balaban J connectivity index is 0. The molecule has 3 rings (SSSR count). The fourth-order valence-electron chi connectivity index (χ4n) is 2.55. The van der Waals surface area contributed by atoms with Crippen LogP contribution in [0, 0.1) is 33.8 Å². The average molecular weight is 451 g/mol. The molecule has 0 saturated heterocycles. The van der Waals surface area contributed by atoms with Crippen molar-refractivity contribution in [1.29, 1.82) is 0 Å². The first-order chi connectivity index (χ1) is 13.5. The Labute approximate surface area is 181 Å². The molecule has 150 valence electrons. The third kappa shape index (κ3) is 7.17. The van der Waals surface area contributed by atoms with E-state index < -0.39 is 21.3 Å². The van der Waals surface area contributed by atoms with Crippen LogP contribution >= 0.6 is 0 Å². The molecule has 0 amide bonds. The summed E-state index contributed by atoms with van der Waals surface area (Å²) < 4.78 is 53.7. The van der Waals surface area contributed by atoms with Crippen molar-refractivity contribution in [2.24, 2.45) is 4.99 Å². The van der Waals surface area contributed by atoms with Gasteiger partial charge in [-0.25, -0.2) is 13.4 Å². The Morgan fingerprint density at radius 2 is 1.41 bits per heavy atom. The van der Waals surface area contributed by atoms with Crippen molar-refractivity contribution in [2.75, 3.05) is 0 Å². The summed E-state index contributed by atoms with van der Waals surface area (Å²) in [6, 6.07) is 14.4. The van der Waals surface area contributed by atoms with Crippen molar-refractivity contribution in [3.8, 4) is 0 Å². The van der Waals surface area contributed by atoms with Gasteiger partial charge in [0.15, 0.2) is 17.9 Å². The van der Waals surface area contributed by atoms with E-state index in [1.54, 1.807) is 24.3 Å². The van der Waals surface area contributed by atoms with Crippen molar-refractivity contribution in [3.63, 3.8) is 0 Å². The molecule has 0 bridgehead atoms. The summed E-state index contributed by atoms with van der Waals surface area (Å²) in [5.74, 6) is 0. The number of aryl methyl sites for hydroxylation is 2. The molecule has 0 aliphatic carbocycles. The van der Waals surface area contributed by atoms with Gasteiger partial charge in [-0.3, -0.25) is 0 Å². The molecule has 0 N–H and O–H groups in total. The van der Waals surface area contributed by atoms with E-state index in [0.29, 0.717) is 0 Å². The molecule has 7 nitrogen and oxygen atoms in total. The van der Waals surface area contributed by atoms with Gasteiger partial charge in [-0.05, 0) is 37.1 Å². The molecule has 2 atom stereocenters. The van der Waals surface area contributed by atoms with E-state index in [1.807, 2.05) is 38.1 Å². The monoisotopic (exact) mass is 451 g/mol. The van der Waals surface area contributed by atoms with E-state index in [2.05, 4.69) is 24.9 Å². The first-order valence-electron chi connectivity index (χ1n) is 7.64. The summed E-state index contributed by atoms with van der Waals surface area (Å²) in [6.45, 7) is 17.4. The number of ether oxygens (including phenoxy) is 1. The molecule has 0 fully saturated rings. The fourth-order valence-corrected chi connectivity index (χ4v) is 4.09. The maximum Gasteiger partial charge on any atom is 0 e. The number of hydrogen-bond acceptors (Lipinski definition) is 4. The van der Waals surface area contributed by atoms with E-state index in [9.17, 15) is 8.42 Å². The molecular formula is C20H17CrNO6S. The minimum absolute atomic E-state index is 0. The molecular weight excluding hydrogens is 434 g/mol. The Morgan fingerprint density at radius 1 is 0.897 bits per heavy atom. The first kappa shape index (κ1) is 28.8. The van der Waals surface area contributed by atoms with Gasteiger partial charge in [0, 0.05) is 17.4 Å². The third-order valence-corrected chi connectivity index (χ3v) is 5.77. The number of hydrogen-bond donors (Lipinski definition) is 0. The van der Waals surface area contributed by atoms with Crippen LogP contribution in [0.3, 0.4) is 0 Å². The zero-order chi connectivity index (χ0) is 21.7. The number of aliphatic imine (C=N–C) groups is 1. The zero-order valence-electron chi connectivity index (χ0n) is 15.6. The minimum atomic E-state index is -3.59. The largest absolute Gasteiger partial charge is 0 e. The van der Waals surface area contributed by atoms with Crippen LogP contribution in [-0.2, 0) is 45.9 Å². The molecule has 0 radical (unpaired) electrons. The summed E-state index contributed by atoms with van der Waals surface area (Å²) in [6.07, 6.45) is 0.639. The van der Waals surface area contributed by atoms with Crippen LogP contribution in [0.1, 0.15) is 22.8 Å². The molecule has 9 heteroatoms. The zero-order valence-corrected chi connectivity index (χ0v) is 17.7. The number of benzene rings is 2. The van der Waals surface area contributed by atoms with Crippen molar-refractivity contribution in [1.82, 2.24) is 0 Å². The van der Waals surface area contributed by atoms with Gasteiger partial charge in [0.2, 0.25) is 9.84 Å². The van der Waals surface area contributed by atoms with Gasteiger partial charge in [-0.15, -0.1) is 0 Å². The topological polar surface area (TPSA) is 115 Å². The second kappa shape index (κ2) is 14.6. The van der Waals surface area contributed by atoms with E-state index >= 15 is 0 Å². The fraction of sp³-hybridized carbons (Fsp3) is 0.200. The SMILES string of the molecule is Cc1ccc(S(=O)(=O)[C@H]2N=CO[C@@H]2c2ccccc2C)cc1.[C-]#[O+].[C-]#[O+].[C-]#[O+].[Cr]. The molecule has 1 aliphatic heterocycles. The second-order valence-corrected chi connectivity index (χ2v) is 7.46.